The van der Waals surface area contributed by atoms with Crippen LogP contribution in [-0.4, -0.2) is 37.4 Å². The molecule has 2 aromatic rings. The maximum absolute atomic E-state index is 12.7. The Hall–Kier alpha value is -3.24. The molecule has 29 heavy (non-hydrogen) atoms. The summed E-state index contributed by atoms with van der Waals surface area (Å²) in [6, 6.07) is 9.28. The summed E-state index contributed by atoms with van der Waals surface area (Å²) in [4.78, 5) is 12.7. The molecule has 1 amide bonds. The summed E-state index contributed by atoms with van der Waals surface area (Å²) >= 11 is 0. The number of hydrogen-bond acceptors (Lipinski definition) is 5. The number of methoxy groups -OCH3 is 1. The van der Waals surface area contributed by atoms with Crippen molar-refractivity contribution >= 4 is 17.7 Å². The van der Waals surface area contributed by atoms with E-state index in [2.05, 4.69) is 16.8 Å². The number of nitrogens with one attached hydrogen (secondary N) is 1. The molecule has 0 aliphatic carbocycles. The molecule has 0 bridgehead atoms. The van der Waals surface area contributed by atoms with Crippen molar-refractivity contribution in [3.63, 3.8) is 0 Å². The van der Waals surface area contributed by atoms with Gasteiger partial charge in [-0.05, 0) is 50.6 Å². The predicted octanol–water partition coefficient (Wildman–Crippen LogP) is 3.63. The number of benzene rings is 1. The molecule has 1 aromatic heterocycles. The Labute approximate surface area is 170 Å². The monoisotopic (exact) mass is 395 g/mol. The fourth-order valence-electron chi connectivity index (χ4n) is 3.57. The molecular formula is C22H25N3O4. The number of carbonyl (C=O) groups is 1. The largest absolute Gasteiger partial charge is 0.486 e. The Balaban J connectivity index is 1.82. The highest BCUT2D eigenvalue weighted by Gasteiger charge is 2.17. The summed E-state index contributed by atoms with van der Waals surface area (Å²) in [6.45, 7) is 7.58. The van der Waals surface area contributed by atoms with E-state index in [1.54, 1.807) is 31.4 Å². The first-order valence-electron chi connectivity index (χ1n) is 9.44. The zero-order valence-electron chi connectivity index (χ0n) is 17.1. The number of rotatable bonds is 6. The Kier molecular flexibility index (Phi) is 6.25. The van der Waals surface area contributed by atoms with Gasteiger partial charge in [-0.1, -0.05) is 0 Å². The summed E-state index contributed by atoms with van der Waals surface area (Å²) in [5, 5.41) is 12.3. The van der Waals surface area contributed by atoms with Gasteiger partial charge in [0.1, 0.15) is 24.9 Å². The van der Waals surface area contributed by atoms with Crippen LogP contribution in [0.3, 0.4) is 0 Å². The minimum Gasteiger partial charge on any atom is -0.486 e. The van der Waals surface area contributed by atoms with Gasteiger partial charge < -0.3 is 24.1 Å². The van der Waals surface area contributed by atoms with E-state index in [0.29, 0.717) is 37.0 Å². The Morgan fingerprint density at radius 2 is 2.03 bits per heavy atom. The number of anilines is 1. The lowest BCUT2D eigenvalue weighted by Crippen LogP contribution is -2.17. The van der Waals surface area contributed by atoms with Crippen LogP contribution in [0.2, 0.25) is 0 Å². The number of aromatic nitrogens is 1. The van der Waals surface area contributed by atoms with E-state index < -0.39 is 5.91 Å². The summed E-state index contributed by atoms with van der Waals surface area (Å²) in [6.07, 6.45) is 1.62. The van der Waals surface area contributed by atoms with E-state index in [9.17, 15) is 10.1 Å². The molecule has 0 saturated heterocycles. The molecule has 0 saturated carbocycles. The molecule has 1 aromatic carbocycles. The average Bonchev–Trinajstić information content (AvgIpc) is 2.99. The molecule has 0 spiro atoms. The van der Waals surface area contributed by atoms with Crippen molar-refractivity contribution < 1.29 is 19.0 Å². The van der Waals surface area contributed by atoms with Gasteiger partial charge >= 0.3 is 0 Å². The fourth-order valence-corrected chi connectivity index (χ4v) is 3.57. The number of aryl methyl sites for hydroxylation is 1. The van der Waals surface area contributed by atoms with Gasteiger partial charge in [0, 0.05) is 30.3 Å². The SMILES string of the molecule is COCC(C)n1c(C)cc(/C=C(\C#N)C(=O)Nc2ccc3c(c2)OCCO3)c1C. The van der Waals surface area contributed by atoms with Crippen LogP contribution in [0, 0.1) is 25.2 Å². The molecule has 2 heterocycles. The van der Waals surface area contributed by atoms with Gasteiger partial charge in [-0.15, -0.1) is 0 Å². The first kappa shape index (κ1) is 20.5. The minimum atomic E-state index is -0.473. The van der Waals surface area contributed by atoms with Crippen LogP contribution in [0.25, 0.3) is 6.08 Å². The third kappa shape index (κ3) is 4.44. The molecular weight excluding hydrogens is 370 g/mol. The molecule has 1 unspecified atom stereocenters. The summed E-state index contributed by atoms with van der Waals surface area (Å²) in [5.74, 6) is 0.744. The molecule has 1 aliphatic heterocycles. The normalized spacial score (nSPS) is 14.2. The molecule has 1 aliphatic rings. The third-order valence-electron chi connectivity index (χ3n) is 4.84. The lowest BCUT2D eigenvalue weighted by Gasteiger charge is -2.19. The Morgan fingerprint density at radius 3 is 2.72 bits per heavy atom. The highest BCUT2D eigenvalue weighted by molar-refractivity contribution is 6.09. The van der Waals surface area contributed by atoms with Gasteiger partial charge in [-0.25, -0.2) is 0 Å². The second-order valence-electron chi connectivity index (χ2n) is 6.98. The van der Waals surface area contributed by atoms with Crippen LogP contribution in [0.15, 0.2) is 29.8 Å². The second-order valence-corrected chi connectivity index (χ2v) is 6.98. The van der Waals surface area contributed by atoms with E-state index in [-0.39, 0.29) is 11.6 Å². The highest BCUT2D eigenvalue weighted by Crippen LogP contribution is 2.32. The molecule has 1 N–H and O–H groups in total. The van der Waals surface area contributed by atoms with Crippen LogP contribution >= 0.6 is 0 Å². The lowest BCUT2D eigenvalue weighted by molar-refractivity contribution is -0.112. The molecule has 7 nitrogen and oxygen atoms in total. The number of ether oxygens (including phenoxy) is 3. The summed E-state index contributed by atoms with van der Waals surface area (Å²) in [7, 11) is 1.67. The van der Waals surface area contributed by atoms with Gasteiger partial charge in [-0.3, -0.25) is 4.79 Å². The minimum absolute atomic E-state index is 0.0273. The van der Waals surface area contributed by atoms with Gasteiger partial charge in [-0.2, -0.15) is 5.26 Å². The van der Waals surface area contributed by atoms with Gasteiger partial charge in [0.2, 0.25) is 0 Å². The zero-order chi connectivity index (χ0) is 21.0. The molecule has 152 valence electrons. The quantitative estimate of drug-likeness (QED) is 0.596. The topological polar surface area (TPSA) is 85.5 Å². The summed E-state index contributed by atoms with van der Waals surface area (Å²) < 4.78 is 18.4. The zero-order valence-corrected chi connectivity index (χ0v) is 17.1. The van der Waals surface area contributed by atoms with E-state index in [1.807, 2.05) is 26.0 Å². The summed E-state index contributed by atoms with van der Waals surface area (Å²) in [5.41, 5.74) is 3.42. The maximum Gasteiger partial charge on any atom is 0.266 e. The van der Waals surface area contributed by atoms with Crippen molar-refractivity contribution in [2.24, 2.45) is 0 Å². The first-order valence-corrected chi connectivity index (χ1v) is 9.44. The number of nitrogens with zero attached hydrogens (tertiary/aromatic N) is 2. The predicted molar refractivity (Wildman–Crippen MR) is 110 cm³/mol. The van der Waals surface area contributed by atoms with Crippen LogP contribution < -0.4 is 14.8 Å². The second kappa shape index (κ2) is 8.84. The van der Waals surface area contributed by atoms with Crippen LogP contribution in [0.5, 0.6) is 11.5 Å². The van der Waals surface area contributed by atoms with Crippen molar-refractivity contribution in [3.8, 4) is 17.6 Å². The van der Waals surface area contributed by atoms with Crippen molar-refractivity contribution in [1.82, 2.24) is 4.57 Å². The number of amides is 1. The number of fused-ring (bicyclic) bond motifs is 1. The number of hydrogen-bond donors (Lipinski definition) is 1. The molecule has 1 atom stereocenters. The highest BCUT2D eigenvalue weighted by atomic mass is 16.6. The van der Waals surface area contributed by atoms with E-state index in [0.717, 1.165) is 17.0 Å². The molecule has 3 rings (SSSR count). The van der Waals surface area contributed by atoms with Crippen molar-refractivity contribution in [2.45, 2.75) is 26.8 Å². The van der Waals surface area contributed by atoms with Gasteiger partial charge in [0.25, 0.3) is 5.91 Å². The number of nitriles is 1. The smallest absolute Gasteiger partial charge is 0.266 e. The van der Waals surface area contributed by atoms with E-state index in [1.165, 1.54) is 0 Å². The van der Waals surface area contributed by atoms with Crippen molar-refractivity contribution in [2.75, 3.05) is 32.2 Å². The van der Waals surface area contributed by atoms with Crippen molar-refractivity contribution in [1.29, 1.82) is 5.26 Å². The molecule has 0 radical (unpaired) electrons. The fraction of sp³-hybridized carbons (Fsp3) is 0.364. The van der Waals surface area contributed by atoms with Gasteiger partial charge in [0.05, 0.1) is 12.6 Å². The van der Waals surface area contributed by atoms with Crippen molar-refractivity contribution in [3.05, 3.63) is 46.8 Å². The van der Waals surface area contributed by atoms with Crippen LogP contribution in [0.4, 0.5) is 5.69 Å². The Bertz CT molecular complexity index is 985. The van der Waals surface area contributed by atoms with E-state index in [4.69, 9.17) is 14.2 Å². The van der Waals surface area contributed by atoms with Crippen LogP contribution in [-0.2, 0) is 9.53 Å². The average molecular weight is 395 g/mol. The standard InChI is InChI=1S/C22H25N3O4/c1-14-9-17(16(3)25(14)15(2)13-27-4)10-18(12-23)22(26)24-19-5-6-20-21(11-19)29-8-7-28-20/h5-6,9-11,15H,7-8,13H2,1-4H3,(H,24,26)/b18-10+. The van der Waals surface area contributed by atoms with Gasteiger partial charge in [0.15, 0.2) is 11.5 Å². The first-order chi connectivity index (χ1) is 13.9. The molecule has 0 fully saturated rings. The number of carbonyl (C=O) groups excluding carboxylic acids is 1. The lowest BCUT2D eigenvalue weighted by atomic mass is 10.1. The maximum atomic E-state index is 12.7. The molecule has 7 heteroatoms. The van der Waals surface area contributed by atoms with Crippen LogP contribution in [0.1, 0.15) is 29.9 Å². The van der Waals surface area contributed by atoms with E-state index >= 15 is 0 Å². The Morgan fingerprint density at radius 1 is 1.31 bits per heavy atom. The third-order valence-corrected chi connectivity index (χ3v) is 4.84.